The van der Waals surface area contributed by atoms with Gasteiger partial charge in [-0.2, -0.15) is 13.5 Å². The molecule has 0 saturated carbocycles. The summed E-state index contributed by atoms with van der Waals surface area (Å²) >= 11 is 11.6. The van der Waals surface area contributed by atoms with Gasteiger partial charge in [0, 0.05) is 0 Å². The van der Waals surface area contributed by atoms with Crippen LogP contribution in [0, 0.1) is 0 Å². The molecule has 0 saturated heterocycles. The van der Waals surface area contributed by atoms with Crippen LogP contribution in [0.2, 0.25) is 10.0 Å². The van der Waals surface area contributed by atoms with Crippen molar-refractivity contribution in [3.8, 4) is 5.75 Å². The van der Waals surface area contributed by atoms with Crippen LogP contribution in [0.25, 0.3) is 0 Å². The molecule has 3 N–H and O–H groups in total. The number of halogens is 2. The Morgan fingerprint density at radius 3 is 2.29 bits per heavy atom. The molecule has 2 aromatic rings. The standard InChI is InChI=1S/C13H8Cl2N2O6S/c14-8-5-12(24(21,22)23)9(15)4-10(8)17-16-6-1-2-11(18)7(3-6)13(19)20/h1-5,18H,(H,19,20)(H,21,22,23). The first-order valence-corrected chi connectivity index (χ1v) is 8.24. The Kier molecular flexibility index (Phi) is 5.09. The third kappa shape index (κ3) is 4.01. The number of carbonyl (C=O) groups is 1. The maximum absolute atomic E-state index is 11.1. The van der Waals surface area contributed by atoms with Crippen LogP contribution in [-0.2, 0) is 10.1 Å². The van der Waals surface area contributed by atoms with E-state index < -0.39 is 26.7 Å². The van der Waals surface area contributed by atoms with Crippen molar-refractivity contribution in [3.63, 3.8) is 0 Å². The van der Waals surface area contributed by atoms with Crippen molar-refractivity contribution >= 4 is 50.7 Å². The molecule has 0 atom stereocenters. The molecule has 0 amide bonds. The molecule has 0 heterocycles. The van der Waals surface area contributed by atoms with Gasteiger partial charge < -0.3 is 10.2 Å². The number of hydrogen-bond acceptors (Lipinski definition) is 6. The van der Waals surface area contributed by atoms with Gasteiger partial charge in [-0.15, -0.1) is 5.11 Å². The van der Waals surface area contributed by atoms with E-state index in [9.17, 15) is 18.3 Å². The summed E-state index contributed by atoms with van der Waals surface area (Å²) in [4.78, 5) is 10.3. The zero-order valence-corrected chi connectivity index (χ0v) is 13.8. The van der Waals surface area contributed by atoms with Gasteiger partial charge in [0.15, 0.2) is 0 Å². The molecule has 11 heteroatoms. The molecule has 0 aliphatic rings. The molecule has 8 nitrogen and oxygen atoms in total. The lowest BCUT2D eigenvalue weighted by molar-refractivity contribution is 0.0693. The van der Waals surface area contributed by atoms with Crippen molar-refractivity contribution in [2.75, 3.05) is 0 Å². The summed E-state index contributed by atoms with van der Waals surface area (Å²) in [6.45, 7) is 0. The summed E-state index contributed by atoms with van der Waals surface area (Å²) in [6, 6.07) is 5.52. The quantitative estimate of drug-likeness (QED) is 0.531. The summed E-state index contributed by atoms with van der Waals surface area (Å²) in [5.74, 6) is -1.77. The van der Waals surface area contributed by atoms with E-state index >= 15 is 0 Å². The molecule has 0 aliphatic carbocycles. The molecule has 0 aromatic heterocycles. The Hall–Kier alpha value is -2.20. The first-order chi connectivity index (χ1) is 11.1. The maximum atomic E-state index is 11.1. The van der Waals surface area contributed by atoms with Crippen LogP contribution >= 0.6 is 23.2 Å². The Balaban J connectivity index is 2.42. The highest BCUT2D eigenvalue weighted by Gasteiger charge is 2.17. The third-order valence-electron chi connectivity index (χ3n) is 2.76. The van der Waals surface area contributed by atoms with E-state index in [2.05, 4.69) is 10.2 Å². The van der Waals surface area contributed by atoms with Gasteiger partial charge >= 0.3 is 5.97 Å². The largest absolute Gasteiger partial charge is 0.507 e. The molecule has 0 fully saturated rings. The third-order valence-corrected chi connectivity index (χ3v) is 4.38. The maximum Gasteiger partial charge on any atom is 0.339 e. The van der Waals surface area contributed by atoms with Gasteiger partial charge in [-0.3, -0.25) is 4.55 Å². The Morgan fingerprint density at radius 2 is 1.71 bits per heavy atom. The zero-order chi connectivity index (χ0) is 18.1. The van der Waals surface area contributed by atoms with Gasteiger partial charge in [0.2, 0.25) is 0 Å². The number of aromatic carboxylic acids is 1. The summed E-state index contributed by atoms with van der Waals surface area (Å²) < 4.78 is 31.2. The number of rotatable bonds is 4. The molecular formula is C13H8Cl2N2O6S. The van der Waals surface area contributed by atoms with Crippen LogP contribution in [0.3, 0.4) is 0 Å². The van der Waals surface area contributed by atoms with Crippen LogP contribution in [-0.4, -0.2) is 29.2 Å². The fraction of sp³-hybridized carbons (Fsp3) is 0. The lowest BCUT2D eigenvalue weighted by Gasteiger charge is -2.04. The minimum absolute atomic E-state index is 0.000910. The monoisotopic (exact) mass is 390 g/mol. The highest BCUT2D eigenvalue weighted by atomic mass is 35.5. The fourth-order valence-electron chi connectivity index (χ4n) is 1.66. The molecule has 24 heavy (non-hydrogen) atoms. The number of hydrogen-bond donors (Lipinski definition) is 3. The van der Waals surface area contributed by atoms with Crippen molar-refractivity contribution in [1.29, 1.82) is 0 Å². The topological polar surface area (TPSA) is 137 Å². The molecule has 0 aliphatic heterocycles. The molecule has 126 valence electrons. The zero-order valence-electron chi connectivity index (χ0n) is 11.5. The van der Waals surface area contributed by atoms with Gasteiger partial charge in [-0.25, -0.2) is 4.79 Å². The second-order valence-electron chi connectivity index (χ2n) is 4.42. The molecule has 2 aromatic carbocycles. The second kappa shape index (κ2) is 6.73. The minimum atomic E-state index is -4.54. The van der Waals surface area contributed by atoms with Gasteiger partial charge in [-0.05, 0) is 30.3 Å². The first kappa shape index (κ1) is 18.1. The summed E-state index contributed by atoms with van der Waals surface area (Å²) in [7, 11) is -4.54. The van der Waals surface area contributed by atoms with Gasteiger partial charge in [0.25, 0.3) is 10.1 Å². The summed E-state index contributed by atoms with van der Waals surface area (Å²) in [5, 5.41) is 25.4. The number of carboxylic acid groups (broad SMARTS) is 1. The van der Waals surface area contributed by atoms with Gasteiger partial charge in [0.05, 0.1) is 15.7 Å². The van der Waals surface area contributed by atoms with Crippen molar-refractivity contribution in [3.05, 3.63) is 45.9 Å². The minimum Gasteiger partial charge on any atom is -0.507 e. The normalized spacial score (nSPS) is 11.8. The lowest BCUT2D eigenvalue weighted by Crippen LogP contribution is -1.98. The second-order valence-corrected chi connectivity index (χ2v) is 6.62. The predicted octanol–water partition coefficient (Wildman–Crippen LogP) is 4.06. The van der Waals surface area contributed by atoms with Crippen LogP contribution in [0.15, 0.2) is 45.5 Å². The SMILES string of the molecule is O=C(O)c1cc(N=Nc2cc(Cl)c(S(=O)(=O)O)cc2Cl)ccc1O. The highest BCUT2D eigenvalue weighted by Crippen LogP contribution is 2.35. The van der Waals surface area contributed by atoms with Crippen molar-refractivity contribution in [2.24, 2.45) is 10.2 Å². The van der Waals surface area contributed by atoms with Crippen molar-refractivity contribution in [2.45, 2.75) is 4.90 Å². The smallest absolute Gasteiger partial charge is 0.339 e. The van der Waals surface area contributed by atoms with E-state index in [-0.39, 0.29) is 27.0 Å². The van der Waals surface area contributed by atoms with Crippen LogP contribution in [0.4, 0.5) is 11.4 Å². The highest BCUT2D eigenvalue weighted by molar-refractivity contribution is 7.86. The van der Waals surface area contributed by atoms with Gasteiger partial charge in [0.1, 0.15) is 21.9 Å². The van der Waals surface area contributed by atoms with Crippen LogP contribution in [0.5, 0.6) is 5.75 Å². The average Bonchev–Trinajstić information content (AvgIpc) is 2.47. The number of benzene rings is 2. The first-order valence-electron chi connectivity index (χ1n) is 6.04. The molecule has 2 rings (SSSR count). The van der Waals surface area contributed by atoms with E-state index in [1.807, 2.05) is 0 Å². The number of phenols is 1. The molecule has 0 spiro atoms. The Labute approximate surface area is 145 Å². The molecular weight excluding hydrogens is 383 g/mol. The van der Waals surface area contributed by atoms with Crippen molar-refractivity contribution in [1.82, 2.24) is 0 Å². The van der Waals surface area contributed by atoms with E-state index in [1.165, 1.54) is 6.07 Å². The van der Waals surface area contributed by atoms with E-state index in [1.54, 1.807) is 0 Å². The van der Waals surface area contributed by atoms with E-state index in [4.69, 9.17) is 32.9 Å². The number of azo groups is 1. The average molecular weight is 391 g/mol. The Morgan fingerprint density at radius 1 is 1.04 bits per heavy atom. The lowest BCUT2D eigenvalue weighted by atomic mass is 10.2. The predicted molar refractivity (Wildman–Crippen MR) is 85.5 cm³/mol. The van der Waals surface area contributed by atoms with Crippen LogP contribution in [0.1, 0.15) is 10.4 Å². The number of aromatic hydroxyl groups is 1. The number of carboxylic acids is 1. The molecule has 0 bridgehead atoms. The number of nitrogens with zero attached hydrogens (tertiary/aromatic N) is 2. The fourth-order valence-corrected chi connectivity index (χ4v) is 2.95. The molecule has 0 radical (unpaired) electrons. The van der Waals surface area contributed by atoms with Crippen molar-refractivity contribution < 1.29 is 28.0 Å². The summed E-state index contributed by atoms with van der Waals surface area (Å²) in [5.41, 5.74) is -0.257. The van der Waals surface area contributed by atoms with Gasteiger partial charge in [-0.1, -0.05) is 23.2 Å². The summed E-state index contributed by atoms with van der Waals surface area (Å²) in [6.07, 6.45) is 0. The van der Waals surface area contributed by atoms with E-state index in [0.29, 0.717) is 0 Å². The van der Waals surface area contributed by atoms with Crippen LogP contribution < -0.4 is 0 Å². The Bertz CT molecular complexity index is 959. The molecule has 0 unspecified atom stereocenters. The van der Waals surface area contributed by atoms with E-state index in [0.717, 1.165) is 24.3 Å².